The largest absolute Gasteiger partial charge is 0.310 e. The van der Waals surface area contributed by atoms with Crippen molar-refractivity contribution in [3.05, 3.63) is 52.2 Å². The van der Waals surface area contributed by atoms with Gasteiger partial charge in [0.05, 0.1) is 5.69 Å². The number of nitrogens with zero attached hydrogens (tertiary/aromatic N) is 2. The third-order valence-electron chi connectivity index (χ3n) is 4.61. The lowest BCUT2D eigenvalue weighted by Gasteiger charge is -2.15. The molecule has 1 heterocycles. The quantitative estimate of drug-likeness (QED) is 0.614. The first-order chi connectivity index (χ1) is 14.1. The van der Waals surface area contributed by atoms with Gasteiger partial charge in [-0.3, -0.25) is 14.9 Å². The van der Waals surface area contributed by atoms with E-state index in [0.29, 0.717) is 22.1 Å². The third kappa shape index (κ3) is 6.39. The summed E-state index contributed by atoms with van der Waals surface area (Å²) < 4.78 is 0. The number of hydrogen-bond acceptors (Lipinski definition) is 4. The number of nitrogens with one attached hydrogen (secondary N) is 2. The number of aromatic nitrogens is 2. The standard InChI is InChI=1S/C23H29ClN4O2/c1-13(2)21(29)26-20-19(12-7-15(5)17-8-10-18(24)11-9-17)16(6)25-23(27-20)28-22(30)14(3)4/h7-15H,1-6H3,(H2,25,26,27,28,29,30). The van der Waals surface area contributed by atoms with Crippen LogP contribution in [0.5, 0.6) is 0 Å². The van der Waals surface area contributed by atoms with Crippen LogP contribution in [-0.4, -0.2) is 21.8 Å². The van der Waals surface area contributed by atoms with Crippen LogP contribution >= 0.6 is 11.6 Å². The molecule has 0 aliphatic carbocycles. The van der Waals surface area contributed by atoms with E-state index in [-0.39, 0.29) is 35.5 Å². The van der Waals surface area contributed by atoms with Gasteiger partial charge < -0.3 is 5.32 Å². The lowest BCUT2D eigenvalue weighted by atomic mass is 9.99. The monoisotopic (exact) mass is 428 g/mol. The van der Waals surface area contributed by atoms with Crippen LogP contribution in [0, 0.1) is 18.8 Å². The molecule has 2 N–H and O–H groups in total. The second kappa shape index (κ2) is 10.3. The van der Waals surface area contributed by atoms with Crippen LogP contribution in [0.3, 0.4) is 0 Å². The van der Waals surface area contributed by atoms with Gasteiger partial charge in [0, 0.05) is 22.4 Å². The highest BCUT2D eigenvalue weighted by Crippen LogP contribution is 2.25. The normalized spacial score (nSPS) is 12.4. The van der Waals surface area contributed by atoms with Crippen molar-refractivity contribution in [2.24, 2.45) is 11.8 Å². The van der Waals surface area contributed by atoms with E-state index in [9.17, 15) is 9.59 Å². The summed E-state index contributed by atoms with van der Waals surface area (Å²) >= 11 is 5.97. The molecule has 1 aromatic heterocycles. The number of anilines is 2. The maximum Gasteiger partial charge on any atom is 0.231 e. The van der Waals surface area contributed by atoms with Crippen molar-refractivity contribution < 1.29 is 9.59 Å². The van der Waals surface area contributed by atoms with E-state index in [1.807, 2.05) is 57.2 Å². The Hall–Kier alpha value is -2.73. The van der Waals surface area contributed by atoms with Crippen molar-refractivity contribution in [1.82, 2.24) is 9.97 Å². The summed E-state index contributed by atoms with van der Waals surface area (Å²) in [5, 5.41) is 6.25. The van der Waals surface area contributed by atoms with Crippen molar-refractivity contribution >= 4 is 41.3 Å². The fraction of sp³-hybridized carbons (Fsp3) is 0.391. The van der Waals surface area contributed by atoms with Crippen molar-refractivity contribution in [2.45, 2.75) is 47.5 Å². The lowest BCUT2D eigenvalue weighted by molar-refractivity contribution is -0.119. The lowest BCUT2D eigenvalue weighted by Crippen LogP contribution is -2.23. The molecule has 0 radical (unpaired) electrons. The predicted molar refractivity (Wildman–Crippen MR) is 123 cm³/mol. The number of allylic oxidation sites excluding steroid dienone is 1. The van der Waals surface area contributed by atoms with Crippen LogP contribution in [0.1, 0.15) is 57.4 Å². The molecule has 1 aromatic carbocycles. The molecule has 0 aliphatic rings. The predicted octanol–water partition coefficient (Wildman–Crippen LogP) is 5.44. The van der Waals surface area contributed by atoms with Crippen molar-refractivity contribution in [1.29, 1.82) is 0 Å². The molecule has 7 heteroatoms. The second-order valence-electron chi connectivity index (χ2n) is 7.88. The highest BCUT2D eigenvalue weighted by Gasteiger charge is 2.17. The molecular weight excluding hydrogens is 400 g/mol. The topological polar surface area (TPSA) is 84.0 Å². The molecule has 0 aliphatic heterocycles. The molecule has 160 valence electrons. The Morgan fingerprint density at radius 2 is 1.50 bits per heavy atom. The molecule has 2 aromatic rings. The number of benzene rings is 1. The van der Waals surface area contributed by atoms with E-state index in [1.54, 1.807) is 13.8 Å². The summed E-state index contributed by atoms with van der Waals surface area (Å²) in [4.78, 5) is 33.2. The minimum atomic E-state index is -0.209. The van der Waals surface area contributed by atoms with Gasteiger partial charge in [-0.1, -0.05) is 70.5 Å². The minimum Gasteiger partial charge on any atom is -0.310 e. The van der Waals surface area contributed by atoms with Gasteiger partial charge in [-0.2, -0.15) is 4.98 Å². The van der Waals surface area contributed by atoms with E-state index >= 15 is 0 Å². The Morgan fingerprint density at radius 3 is 2.07 bits per heavy atom. The van der Waals surface area contributed by atoms with Crippen LogP contribution in [-0.2, 0) is 9.59 Å². The molecule has 6 nitrogen and oxygen atoms in total. The fourth-order valence-corrected chi connectivity index (χ4v) is 2.69. The van der Waals surface area contributed by atoms with Gasteiger partial charge in [-0.15, -0.1) is 0 Å². The average Bonchev–Trinajstić information content (AvgIpc) is 2.67. The summed E-state index contributed by atoms with van der Waals surface area (Å²) in [5.74, 6) is -0.0883. The van der Waals surface area contributed by atoms with Gasteiger partial charge in [-0.25, -0.2) is 4.98 Å². The van der Waals surface area contributed by atoms with E-state index in [1.165, 1.54) is 0 Å². The number of carbonyl (C=O) groups excluding carboxylic acids is 2. The van der Waals surface area contributed by atoms with Crippen LogP contribution in [0.15, 0.2) is 30.3 Å². The van der Waals surface area contributed by atoms with Gasteiger partial charge in [0.2, 0.25) is 17.8 Å². The molecule has 1 atom stereocenters. The molecule has 1 unspecified atom stereocenters. The Morgan fingerprint density at radius 1 is 0.933 bits per heavy atom. The molecule has 2 rings (SSSR count). The Bertz CT molecular complexity index is 937. The molecule has 0 fully saturated rings. The van der Waals surface area contributed by atoms with Gasteiger partial charge >= 0.3 is 0 Å². The zero-order chi connectivity index (χ0) is 22.4. The van der Waals surface area contributed by atoms with E-state index in [4.69, 9.17) is 11.6 Å². The number of halogens is 1. The van der Waals surface area contributed by atoms with Gasteiger partial charge in [0.1, 0.15) is 5.82 Å². The summed E-state index contributed by atoms with van der Waals surface area (Å²) in [5.41, 5.74) is 2.47. The SMILES string of the molecule is Cc1nc(NC(=O)C(C)C)nc(NC(=O)C(C)C)c1C=CC(C)c1ccc(Cl)cc1. The fourth-order valence-electron chi connectivity index (χ4n) is 2.57. The number of hydrogen-bond donors (Lipinski definition) is 2. The molecular formula is C23H29ClN4O2. The van der Waals surface area contributed by atoms with Crippen LogP contribution in [0.25, 0.3) is 6.08 Å². The van der Waals surface area contributed by atoms with Gasteiger partial charge in [-0.05, 0) is 30.5 Å². The highest BCUT2D eigenvalue weighted by molar-refractivity contribution is 6.30. The smallest absolute Gasteiger partial charge is 0.231 e. The zero-order valence-electron chi connectivity index (χ0n) is 18.3. The summed E-state index contributed by atoms with van der Waals surface area (Å²) in [6.45, 7) is 11.1. The average molecular weight is 429 g/mol. The maximum atomic E-state index is 12.3. The van der Waals surface area contributed by atoms with Crippen molar-refractivity contribution in [3.8, 4) is 0 Å². The van der Waals surface area contributed by atoms with E-state index in [0.717, 1.165) is 5.56 Å². The molecule has 0 spiro atoms. The van der Waals surface area contributed by atoms with Crippen LogP contribution < -0.4 is 10.6 Å². The Balaban J connectivity index is 2.38. The first-order valence-corrected chi connectivity index (χ1v) is 10.4. The Labute approximate surface area is 183 Å². The van der Waals surface area contributed by atoms with Crippen LogP contribution in [0.2, 0.25) is 5.02 Å². The summed E-state index contributed by atoms with van der Waals surface area (Å²) in [7, 11) is 0. The Kier molecular flexibility index (Phi) is 8.12. The molecule has 2 amide bonds. The van der Waals surface area contributed by atoms with Gasteiger partial charge in [0.15, 0.2) is 0 Å². The van der Waals surface area contributed by atoms with Crippen LogP contribution in [0.4, 0.5) is 11.8 Å². The van der Waals surface area contributed by atoms with Crippen molar-refractivity contribution in [3.63, 3.8) is 0 Å². The third-order valence-corrected chi connectivity index (χ3v) is 4.86. The minimum absolute atomic E-state index is 0.121. The summed E-state index contributed by atoms with van der Waals surface area (Å²) in [6, 6.07) is 7.67. The number of rotatable bonds is 7. The molecule has 0 saturated carbocycles. The second-order valence-corrected chi connectivity index (χ2v) is 8.32. The molecule has 30 heavy (non-hydrogen) atoms. The zero-order valence-corrected chi connectivity index (χ0v) is 19.0. The highest BCUT2D eigenvalue weighted by atomic mass is 35.5. The number of amides is 2. The van der Waals surface area contributed by atoms with E-state index in [2.05, 4.69) is 27.5 Å². The number of carbonyl (C=O) groups is 2. The maximum absolute atomic E-state index is 12.3. The summed E-state index contributed by atoms with van der Waals surface area (Å²) in [6.07, 6.45) is 3.92. The van der Waals surface area contributed by atoms with Crippen molar-refractivity contribution in [2.75, 3.05) is 10.6 Å². The molecule has 0 saturated heterocycles. The number of aryl methyl sites for hydroxylation is 1. The van der Waals surface area contributed by atoms with Gasteiger partial charge in [0.25, 0.3) is 0 Å². The first kappa shape index (κ1) is 23.5. The van der Waals surface area contributed by atoms with E-state index < -0.39 is 0 Å². The first-order valence-electron chi connectivity index (χ1n) is 10.0. The molecule has 0 bridgehead atoms.